The summed E-state index contributed by atoms with van der Waals surface area (Å²) in [5.74, 6) is 0.833. The summed E-state index contributed by atoms with van der Waals surface area (Å²) in [6.45, 7) is 5.10. The molecule has 1 unspecified atom stereocenters. The summed E-state index contributed by atoms with van der Waals surface area (Å²) in [5.41, 5.74) is -0.0753. The van der Waals surface area contributed by atoms with Gasteiger partial charge in [-0.15, -0.1) is 0 Å². The number of rotatable bonds is 5. The Morgan fingerprint density at radius 3 is 2.60 bits per heavy atom. The lowest BCUT2D eigenvalue weighted by Gasteiger charge is -2.23. The van der Waals surface area contributed by atoms with Crippen LogP contribution < -0.4 is 5.32 Å². The van der Waals surface area contributed by atoms with Gasteiger partial charge in [-0.25, -0.2) is 0 Å². The molecule has 1 atom stereocenters. The zero-order chi connectivity index (χ0) is 11.3. The molecule has 0 aromatic heterocycles. The van der Waals surface area contributed by atoms with E-state index in [2.05, 4.69) is 35.1 Å². The average molecular weight is 276 g/mol. The van der Waals surface area contributed by atoms with Crippen molar-refractivity contribution in [1.29, 1.82) is 0 Å². The van der Waals surface area contributed by atoms with E-state index in [1.54, 1.807) is 0 Å². The number of nitrogens with one attached hydrogen (secondary N) is 1. The van der Waals surface area contributed by atoms with E-state index >= 15 is 0 Å². The molecular weight excluding hydrogens is 254 g/mol. The van der Waals surface area contributed by atoms with Crippen molar-refractivity contribution in [3.63, 3.8) is 0 Å². The molecule has 88 valence electrons. The van der Waals surface area contributed by atoms with E-state index in [9.17, 15) is 4.79 Å². The summed E-state index contributed by atoms with van der Waals surface area (Å²) < 4.78 is 0. The maximum absolute atomic E-state index is 12.0. The quantitative estimate of drug-likeness (QED) is 0.768. The van der Waals surface area contributed by atoms with E-state index in [1.807, 2.05) is 0 Å². The van der Waals surface area contributed by atoms with Gasteiger partial charge in [0.15, 0.2) is 0 Å². The van der Waals surface area contributed by atoms with Crippen molar-refractivity contribution in [3.8, 4) is 0 Å². The van der Waals surface area contributed by atoms with E-state index < -0.39 is 0 Å². The van der Waals surface area contributed by atoms with Crippen LogP contribution >= 0.6 is 15.9 Å². The third-order valence-corrected chi connectivity index (χ3v) is 3.93. The first-order chi connectivity index (χ1) is 7.08. The van der Waals surface area contributed by atoms with E-state index in [4.69, 9.17) is 0 Å². The van der Waals surface area contributed by atoms with Gasteiger partial charge in [-0.1, -0.05) is 42.6 Å². The van der Waals surface area contributed by atoms with Crippen molar-refractivity contribution >= 4 is 21.8 Å². The van der Waals surface area contributed by atoms with Gasteiger partial charge in [0.25, 0.3) is 0 Å². The maximum Gasteiger partial charge on any atom is 0.225 e. The largest absolute Gasteiger partial charge is 0.355 e. The number of hydrogen-bond acceptors (Lipinski definition) is 1. The van der Waals surface area contributed by atoms with Gasteiger partial charge in [0.2, 0.25) is 5.91 Å². The molecule has 1 saturated carbocycles. The molecule has 0 heterocycles. The molecule has 0 bridgehead atoms. The monoisotopic (exact) mass is 275 g/mol. The van der Waals surface area contributed by atoms with Gasteiger partial charge in [0, 0.05) is 17.3 Å². The number of carbonyl (C=O) groups is 1. The first-order valence-corrected chi connectivity index (χ1v) is 7.05. The molecular formula is C12H22BrNO. The molecule has 1 amide bonds. The van der Waals surface area contributed by atoms with Gasteiger partial charge in [-0.2, -0.15) is 0 Å². The lowest BCUT2D eigenvalue weighted by Crippen LogP contribution is -2.39. The standard InChI is InChI=1S/C12H22BrNO/c1-10(5-8-13)9-14-11(15)12(2)6-3-4-7-12/h10H,3-9H2,1-2H3,(H,14,15). The van der Waals surface area contributed by atoms with Crippen LogP contribution in [0.25, 0.3) is 0 Å². The molecule has 15 heavy (non-hydrogen) atoms. The number of alkyl halides is 1. The molecule has 1 aliphatic rings. The summed E-state index contributed by atoms with van der Waals surface area (Å²) in [4.78, 5) is 12.0. The minimum atomic E-state index is -0.0753. The van der Waals surface area contributed by atoms with E-state index in [0.717, 1.165) is 31.1 Å². The average Bonchev–Trinajstić information content (AvgIpc) is 2.63. The SMILES string of the molecule is CC(CCBr)CNC(=O)C1(C)CCCC1. The fraction of sp³-hybridized carbons (Fsp3) is 0.917. The van der Waals surface area contributed by atoms with Crippen LogP contribution in [0, 0.1) is 11.3 Å². The van der Waals surface area contributed by atoms with E-state index in [-0.39, 0.29) is 11.3 Å². The van der Waals surface area contributed by atoms with Crippen molar-refractivity contribution in [2.75, 3.05) is 11.9 Å². The molecule has 2 nitrogen and oxygen atoms in total. The lowest BCUT2D eigenvalue weighted by atomic mass is 9.87. The van der Waals surface area contributed by atoms with Gasteiger partial charge in [-0.3, -0.25) is 4.79 Å². The second kappa shape index (κ2) is 5.88. The van der Waals surface area contributed by atoms with Crippen LogP contribution in [0.3, 0.4) is 0 Å². The summed E-state index contributed by atoms with van der Waals surface area (Å²) in [5, 5.41) is 4.11. The second-order valence-corrected chi connectivity index (χ2v) is 5.85. The predicted octanol–water partition coefficient (Wildman–Crippen LogP) is 3.10. The van der Waals surface area contributed by atoms with Crippen molar-refractivity contribution in [2.45, 2.75) is 46.0 Å². The number of halogens is 1. The Bertz CT molecular complexity index is 212. The molecule has 0 spiro atoms. The minimum absolute atomic E-state index is 0.0753. The van der Waals surface area contributed by atoms with Crippen molar-refractivity contribution < 1.29 is 4.79 Å². The van der Waals surface area contributed by atoms with Crippen LogP contribution in [0.15, 0.2) is 0 Å². The Balaban J connectivity index is 2.29. The summed E-state index contributed by atoms with van der Waals surface area (Å²) in [6, 6.07) is 0. The molecule has 1 N–H and O–H groups in total. The normalized spacial score (nSPS) is 21.3. The molecule has 0 radical (unpaired) electrons. The van der Waals surface area contributed by atoms with Gasteiger partial charge in [0.05, 0.1) is 0 Å². The maximum atomic E-state index is 12.0. The van der Waals surface area contributed by atoms with Gasteiger partial charge < -0.3 is 5.32 Å². The second-order valence-electron chi connectivity index (χ2n) is 5.06. The zero-order valence-corrected chi connectivity index (χ0v) is 11.4. The molecule has 3 heteroatoms. The Morgan fingerprint density at radius 1 is 1.47 bits per heavy atom. The van der Waals surface area contributed by atoms with Crippen LogP contribution in [0.2, 0.25) is 0 Å². The molecule has 0 aliphatic heterocycles. The molecule has 0 saturated heterocycles. The minimum Gasteiger partial charge on any atom is -0.355 e. The van der Waals surface area contributed by atoms with Crippen LogP contribution in [0.5, 0.6) is 0 Å². The van der Waals surface area contributed by atoms with Crippen LogP contribution in [-0.4, -0.2) is 17.8 Å². The van der Waals surface area contributed by atoms with Crippen LogP contribution in [0.4, 0.5) is 0 Å². The predicted molar refractivity (Wildman–Crippen MR) is 67.2 cm³/mol. The summed E-state index contributed by atoms with van der Waals surface area (Å²) in [7, 11) is 0. The number of hydrogen-bond donors (Lipinski definition) is 1. The third-order valence-electron chi connectivity index (χ3n) is 3.47. The Morgan fingerprint density at radius 2 is 2.07 bits per heavy atom. The highest BCUT2D eigenvalue weighted by molar-refractivity contribution is 9.09. The highest BCUT2D eigenvalue weighted by Crippen LogP contribution is 2.37. The Hall–Kier alpha value is -0.0500. The molecule has 0 aromatic carbocycles. The van der Waals surface area contributed by atoms with Crippen molar-refractivity contribution in [2.24, 2.45) is 11.3 Å². The number of carbonyl (C=O) groups excluding carboxylic acids is 1. The summed E-state index contributed by atoms with van der Waals surface area (Å²) >= 11 is 3.42. The molecule has 1 fully saturated rings. The fourth-order valence-corrected chi connectivity index (χ4v) is 2.93. The lowest BCUT2D eigenvalue weighted by molar-refractivity contribution is -0.130. The highest BCUT2D eigenvalue weighted by Gasteiger charge is 2.35. The van der Waals surface area contributed by atoms with Crippen molar-refractivity contribution in [3.05, 3.63) is 0 Å². The van der Waals surface area contributed by atoms with Crippen molar-refractivity contribution in [1.82, 2.24) is 5.32 Å². The van der Waals surface area contributed by atoms with Crippen LogP contribution in [-0.2, 0) is 4.79 Å². The zero-order valence-electron chi connectivity index (χ0n) is 9.81. The highest BCUT2D eigenvalue weighted by atomic mass is 79.9. The molecule has 1 rings (SSSR count). The van der Waals surface area contributed by atoms with Crippen LogP contribution in [0.1, 0.15) is 46.0 Å². The van der Waals surface area contributed by atoms with Gasteiger partial charge in [0.1, 0.15) is 0 Å². The summed E-state index contributed by atoms with van der Waals surface area (Å²) in [6.07, 6.45) is 5.66. The first-order valence-electron chi connectivity index (χ1n) is 5.93. The topological polar surface area (TPSA) is 29.1 Å². The van der Waals surface area contributed by atoms with Gasteiger partial charge >= 0.3 is 0 Å². The van der Waals surface area contributed by atoms with Gasteiger partial charge in [-0.05, 0) is 25.2 Å². The smallest absolute Gasteiger partial charge is 0.225 e. The third kappa shape index (κ3) is 3.78. The molecule has 0 aromatic rings. The fourth-order valence-electron chi connectivity index (χ4n) is 2.15. The molecule has 1 aliphatic carbocycles. The van der Waals surface area contributed by atoms with E-state index in [0.29, 0.717) is 5.92 Å². The van der Waals surface area contributed by atoms with E-state index in [1.165, 1.54) is 12.8 Å². The Labute approximate surface area is 101 Å². The number of amides is 1. The first kappa shape index (κ1) is 13.0. The Kier molecular flexibility index (Phi) is 5.10.